The fourth-order valence-corrected chi connectivity index (χ4v) is 1.64. The number of carbonyl (C=O) groups excluding carboxylic acids is 2. The molecule has 0 saturated heterocycles. The molecule has 2 N–H and O–H groups in total. The number of methoxy groups -OCH3 is 1. The summed E-state index contributed by atoms with van der Waals surface area (Å²) in [6, 6.07) is 1.66. The summed E-state index contributed by atoms with van der Waals surface area (Å²) in [5.41, 5.74) is 0.480. The summed E-state index contributed by atoms with van der Waals surface area (Å²) in [6.45, 7) is 1.16. The zero-order valence-electron chi connectivity index (χ0n) is 12.7. The summed E-state index contributed by atoms with van der Waals surface area (Å²) in [5.74, 6) is -0.184. The monoisotopic (exact) mass is 308 g/mol. The van der Waals surface area contributed by atoms with Crippen molar-refractivity contribution in [1.29, 1.82) is 5.26 Å². The van der Waals surface area contributed by atoms with Crippen LogP contribution in [0.2, 0.25) is 0 Å². The number of nitriles is 1. The van der Waals surface area contributed by atoms with Crippen LogP contribution in [0.15, 0.2) is 12.4 Å². The third kappa shape index (κ3) is 5.80. The van der Waals surface area contributed by atoms with Crippen LogP contribution in [0, 0.1) is 11.3 Å². The molecule has 0 aliphatic rings. The number of ether oxygens (including phenoxy) is 1. The van der Waals surface area contributed by atoms with Gasteiger partial charge < -0.3 is 20.3 Å². The van der Waals surface area contributed by atoms with Gasteiger partial charge in [0, 0.05) is 33.4 Å². The van der Waals surface area contributed by atoms with Gasteiger partial charge in [-0.2, -0.15) is 10.4 Å². The molecule has 0 bridgehead atoms. The van der Waals surface area contributed by atoms with Gasteiger partial charge in [-0.25, -0.2) is 4.79 Å². The molecule has 1 aromatic rings. The van der Waals surface area contributed by atoms with Crippen LogP contribution in [-0.4, -0.2) is 60.5 Å². The number of hydrogen-bond acceptors (Lipinski definition) is 5. The van der Waals surface area contributed by atoms with Gasteiger partial charge in [0.1, 0.15) is 6.54 Å². The van der Waals surface area contributed by atoms with Crippen LogP contribution in [0.25, 0.3) is 0 Å². The summed E-state index contributed by atoms with van der Waals surface area (Å²) in [5, 5.41) is 17.8. The molecule has 120 valence electrons. The summed E-state index contributed by atoms with van der Waals surface area (Å²) in [4.78, 5) is 24.9. The largest absolute Gasteiger partial charge is 0.383 e. The Bertz CT molecular complexity index is 536. The lowest BCUT2D eigenvalue weighted by molar-refractivity contribution is -0.121. The average molecular weight is 308 g/mol. The fraction of sp³-hybridized carbons (Fsp3) is 0.538. The molecule has 0 aliphatic heterocycles. The highest BCUT2D eigenvalue weighted by atomic mass is 16.5. The van der Waals surface area contributed by atoms with E-state index in [1.165, 1.54) is 22.8 Å². The van der Waals surface area contributed by atoms with Gasteiger partial charge in [0.15, 0.2) is 0 Å². The maximum absolute atomic E-state index is 12.1. The van der Waals surface area contributed by atoms with E-state index in [0.29, 0.717) is 25.4 Å². The van der Waals surface area contributed by atoms with Gasteiger partial charge in [-0.05, 0) is 0 Å². The Morgan fingerprint density at radius 2 is 2.27 bits per heavy atom. The summed E-state index contributed by atoms with van der Waals surface area (Å²) in [7, 11) is 3.08. The van der Waals surface area contributed by atoms with Crippen molar-refractivity contribution < 1.29 is 14.3 Å². The number of amides is 3. The van der Waals surface area contributed by atoms with Crippen molar-refractivity contribution in [2.45, 2.75) is 13.0 Å². The van der Waals surface area contributed by atoms with Crippen LogP contribution in [-0.2, 0) is 16.1 Å². The topological polar surface area (TPSA) is 112 Å². The lowest BCUT2D eigenvalue weighted by Crippen LogP contribution is -2.37. The molecule has 0 saturated carbocycles. The Labute approximate surface area is 128 Å². The number of aromatic nitrogens is 2. The number of urea groups is 1. The van der Waals surface area contributed by atoms with E-state index in [4.69, 9.17) is 10.00 Å². The minimum Gasteiger partial charge on any atom is -0.383 e. The lowest BCUT2D eigenvalue weighted by atomic mass is 10.4. The molecule has 1 heterocycles. The zero-order valence-corrected chi connectivity index (χ0v) is 12.7. The first-order valence-electron chi connectivity index (χ1n) is 6.75. The second-order valence-electron chi connectivity index (χ2n) is 4.42. The average Bonchev–Trinajstić information content (AvgIpc) is 2.94. The predicted octanol–water partition coefficient (Wildman–Crippen LogP) is 0.0231. The van der Waals surface area contributed by atoms with Gasteiger partial charge in [-0.15, -0.1) is 0 Å². The summed E-state index contributed by atoms with van der Waals surface area (Å²) in [6.07, 6.45) is 3.26. The second kappa shape index (κ2) is 9.36. The Morgan fingerprint density at radius 3 is 2.91 bits per heavy atom. The van der Waals surface area contributed by atoms with Gasteiger partial charge >= 0.3 is 6.03 Å². The summed E-state index contributed by atoms with van der Waals surface area (Å²) >= 11 is 0. The molecule has 3 amide bonds. The summed E-state index contributed by atoms with van der Waals surface area (Å²) < 4.78 is 6.37. The molecule has 1 aromatic heterocycles. The van der Waals surface area contributed by atoms with Crippen LogP contribution in [0.4, 0.5) is 10.5 Å². The molecule has 22 heavy (non-hydrogen) atoms. The van der Waals surface area contributed by atoms with Crippen LogP contribution >= 0.6 is 0 Å². The van der Waals surface area contributed by atoms with E-state index >= 15 is 0 Å². The van der Waals surface area contributed by atoms with Crippen molar-refractivity contribution in [1.82, 2.24) is 20.0 Å². The van der Waals surface area contributed by atoms with E-state index in [2.05, 4.69) is 15.7 Å². The fourth-order valence-electron chi connectivity index (χ4n) is 1.64. The predicted molar refractivity (Wildman–Crippen MR) is 79.0 cm³/mol. The van der Waals surface area contributed by atoms with Crippen LogP contribution < -0.4 is 10.6 Å². The molecule has 0 unspecified atom stereocenters. The maximum atomic E-state index is 12.1. The van der Waals surface area contributed by atoms with Crippen LogP contribution in [0.1, 0.15) is 6.42 Å². The van der Waals surface area contributed by atoms with Gasteiger partial charge in [-0.1, -0.05) is 0 Å². The molecular weight excluding hydrogens is 288 g/mol. The highest BCUT2D eigenvalue weighted by molar-refractivity contribution is 5.89. The van der Waals surface area contributed by atoms with Crippen molar-refractivity contribution in [2.75, 3.05) is 39.2 Å². The standard InChI is InChI=1S/C13H20N6O3/c1-15-12(20)10-19-9-11(8-16-19)17-13(21)18(5-3-4-14)6-7-22-2/h8-9H,3,5-7,10H2,1-2H3,(H,15,20)(H,17,21). The van der Waals surface area contributed by atoms with E-state index in [-0.39, 0.29) is 24.9 Å². The number of likely N-dealkylation sites (N-methyl/N-ethyl adjacent to an activating group) is 1. The third-order valence-electron chi connectivity index (χ3n) is 2.82. The van der Waals surface area contributed by atoms with Crippen LogP contribution in [0.5, 0.6) is 0 Å². The van der Waals surface area contributed by atoms with E-state index in [9.17, 15) is 9.59 Å². The van der Waals surface area contributed by atoms with Crippen molar-refractivity contribution >= 4 is 17.6 Å². The van der Waals surface area contributed by atoms with E-state index in [1.54, 1.807) is 13.3 Å². The Kier molecular flexibility index (Phi) is 7.42. The van der Waals surface area contributed by atoms with Crippen molar-refractivity contribution in [2.24, 2.45) is 0 Å². The van der Waals surface area contributed by atoms with E-state index < -0.39 is 0 Å². The van der Waals surface area contributed by atoms with Gasteiger partial charge in [0.05, 0.1) is 31.0 Å². The molecule has 0 atom stereocenters. The smallest absolute Gasteiger partial charge is 0.322 e. The lowest BCUT2D eigenvalue weighted by Gasteiger charge is -2.21. The number of rotatable bonds is 8. The Hall–Kier alpha value is -2.60. The zero-order chi connectivity index (χ0) is 16.4. The molecule has 9 heteroatoms. The normalized spacial score (nSPS) is 9.86. The molecule has 0 aliphatic carbocycles. The molecule has 0 fully saturated rings. The Morgan fingerprint density at radius 1 is 1.50 bits per heavy atom. The highest BCUT2D eigenvalue weighted by Crippen LogP contribution is 2.07. The molecular formula is C13H20N6O3. The number of hydrogen-bond donors (Lipinski definition) is 2. The van der Waals surface area contributed by atoms with Crippen molar-refractivity contribution in [3.8, 4) is 6.07 Å². The van der Waals surface area contributed by atoms with Gasteiger partial charge in [0.2, 0.25) is 5.91 Å². The minimum atomic E-state index is -0.341. The molecule has 1 rings (SSSR count). The minimum absolute atomic E-state index is 0.0776. The van der Waals surface area contributed by atoms with E-state index in [1.807, 2.05) is 6.07 Å². The molecule has 0 aromatic carbocycles. The first kappa shape index (κ1) is 17.5. The molecule has 0 spiro atoms. The molecule has 9 nitrogen and oxygen atoms in total. The molecule has 0 radical (unpaired) electrons. The first-order chi connectivity index (χ1) is 10.6. The van der Waals surface area contributed by atoms with Gasteiger partial charge in [-0.3, -0.25) is 9.48 Å². The van der Waals surface area contributed by atoms with E-state index in [0.717, 1.165) is 0 Å². The maximum Gasteiger partial charge on any atom is 0.322 e. The van der Waals surface area contributed by atoms with Crippen molar-refractivity contribution in [3.63, 3.8) is 0 Å². The third-order valence-corrected chi connectivity index (χ3v) is 2.82. The number of anilines is 1. The Balaban J connectivity index is 2.60. The highest BCUT2D eigenvalue weighted by Gasteiger charge is 2.14. The van der Waals surface area contributed by atoms with Crippen molar-refractivity contribution in [3.05, 3.63) is 12.4 Å². The van der Waals surface area contributed by atoms with Crippen LogP contribution in [0.3, 0.4) is 0 Å². The number of carbonyl (C=O) groups is 2. The van der Waals surface area contributed by atoms with Gasteiger partial charge in [0.25, 0.3) is 0 Å². The first-order valence-corrected chi connectivity index (χ1v) is 6.75. The second-order valence-corrected chi connectivity index (χ2v) is 4.42. The quantitative estimate of drug-likeness (QED) is 0.703. The number of nitrogens with one attached hydrogen (secondary N) is 2. The SMILES string of the molecule is CNC(=O)Cn1cc(NC(=O)N(CCC#N)CCOC)cn1. The number of nitrogens with zero attached hydrogens (tertiary/aromatic N) is 4.